The van der Waals surface area contributed by atoms with Gasteiger partial charge in [-0.25, -0.2) is 9.98 Å². The van der Waals surface area contributed by atoms with Crippen LogP contribution in [0.2, 0.25) is 0 Å². The number of benzene rings is 4. The minimum absolute atomic E-state index is 0.350. The minimum Gasteiger partial charge on any atom is -0.469 e. The van der Waals surface area contributed by atoms with Gasteiger partial charge in [0.15, 0.2) is 0 Å². The normalized spacial score (nSPS) is 18.0. The summed E-state index contributed by atoms with van der Waals surface area (Å²) in [6.07, 6.45) is 7.51. The van der Waals surface area contributed by atoms with E-state index in [2.05, 4.69) is 172 Å². The Morgan fingerprint density at radius 2 is 0.804 bits per heavy atom. The van der Waals surface area contributed by atoms with Gasteiger partial charge in [0.05, 0.1) is 68.0 Å². The molecule has 0 bridgehead atoms. The summed E-state index contributed by atoms with van der Waals surface area (Å²) in [5, 5.41) is 4.71. The zero-order chi connectivity index (χ0) is 38.8. The number of aliphatic imine (C=N–C) groups is 2. The molecular weight excluding hydrogens is 693 g/mol. The summed E-state index contributed by atoms with van der Waals surface area (Å²) in [7, 11) is 0. The van der Waals surface area contributed by atoms with Crippen LogP contribution in [-0.2, 0) is 9.47 Å². The summed E-state index contributed by atoms with van der Waals surface area (Å²) in [5.74, 6) is 1.26. The molecule has 278 valence electrons. The molecule has 10 rings (SSSR count). The van der Waals surface area contributed by atoms with E-state index in [0.717, 1.165) is 55.7 Å². The molecule has 0 spiro atoms. The van der Waals surface area contributed by atoms with E-state index in [0.29, 0.717) is 11.8 Å². The van der Waals surface area contributed by atoms with Crippen LogP contribution in [0.15, 0.2) is 132 Å². The van der Waals surface area contributed by atoms with Gasteiger partial charge in [-0.15, -0.1) is 0 Å². The second-order valence-electron chi connectivity index (χ2n) is 17.2. The topological polar surface area (TPSA) is 78.8 Å². The van der Waals surface area contributed by atoms with Gasteiger partial charge in [-0.05, 0) is 115 Å². The van der Waals surface area contributed by atoms with Gasteiger partial charge in [0, 0.05) is 33.9 Å². The highest BCUT2D eigenvalue weighted by Gasteiger charge is 2.46. The number of ether oxygens (including phenoxy) is 2. The molecule has 0 radical (unpaired) electrons. The van der Waals surface area contributed by atoms with Crippen LogP contribution in [0, 0.1) is 0 Å². The number of hydrogen-bond donors (Lipinski definition) is 0. The maximum Gasteiger partial charge on any atom is 0.219 e. The molecule has 0 atom stereocenters. The van der Waals surface area contributed by atoms with E-state index in [4.69, 9.17) is 19.5 Å². The van der Waals surface area contributed by atoms with Crippen LogP contribution in [0.4, 0.5) is 0 Å². The van der Waals surface area contributed by atoms with E-state index in [1.54, 1.807) is 0 Å². The second kappa shape index (κ2) is 11.6. The maximum absolute atomic E-state index is 6.37. The molecule has 6 heterocycles. The first-order chi connectivity index (χ1) is 26.7. The number of nitrogens with zero attached hydrogens (tertiary/aromatic N) is 6. The molecule has 0 fully saturated rings. The molecule has 8 aromatic rings. The number of pyridine rings is 2. The predicted octanol–water partition coefficient (Wildman–Crippen LogP) is 11.0. The van der Waals surface area contributed by atoms with Crippen molar-refractivity contribution in [2.75, 3.05) is 0 Å². The van der Waals surface area contributed by atoms with Crippen LogP contribution in [0.3, 0.4) is 0 Å². The molecule has 2 aliphatic rings. The third-order valence-electron chi connectivity index (χ3n) is 12.5. The Hall–Kier alpha value is -6.28. The molecule has 2 aliphatic heterocycles. The highest BCUT2D eigenvalue weighted by Crippen LogP contribution is 2.41. The van der Waals surface area contributed by atoms with Gasteiger partial charge in [-0.1, -0.05) is 48.5 Å². The fourth-order valence-corrected chi connectivity index (χ4v) is 8.00. The standard InChI is InChI=1S/C48H44N6O2/c1-45(2)47(5,6)55-43(51-45)31-21-33(27-49-25-31)53-39-15-11-9-13-35(39)37-23-29(17-19-41(37)53)30-18-20-42-38(24-30)36-14-10-12-16-40(36)54(42)34-22-32(26-50-28-34)44-52-46(3,4)48(7,8)56-44/h9-28H,1-8H3. The Morgan fingerprint density at radius 3 is 1.20 bits per heavy atom. The molecule has 0 saturated carbocycles. The molecule has 4 aromatic heterocycles. The first-order valence-electron chi connectivity index (χ1n) is 19.3. The van der Waals surface area contributed by atoms with Gasteiger partial charge in [0.25, 0.3) is 0 Å². The molecule has 8 nitrogen and oxygen atoms in total. The number of aromatic nitrogens is 4. The zero-order valence-corrected chi connectivity index (χ0v) is 33.0. The maximum atomic E-state index is 6.37. The molecule has 0 N–H and O–H groups in total. The molecule has 8 heteroatoms. The highest BCUT2D eigenvalue weighted by molar-refractivity contribution is 6.13. The Morgan fingerprint density at radius 1 is 0.411 bits per heavy atom. The van der Waals surface area contributed by atoms with Gasteiger partial charge in [-0.2, -0.15) is 0 Å². The van der Waals surface area contributed by atoms with Crippen molar-refractivity contribution < 1.29 is 9.47 Å². The average Bonchev–Trinajstić information content (AvgIpc) is 3.83. The summed E-state index contributed by atoms with van der Waals surface area (Å²) in [4.78, 5) is 19.3. The highest BCUT2D eigenvalue weighted by atomic mass is 16.5. The molecule has 0 saturated heterocycles. The van der Waals surface area contributed by atoms with E-state index in [-0.39, 0.29) is 11.1 Å². The number of fused-ring (bicyclic) bond motifs is 6. The summed E-state index contributed by atoms with van der Waals surface area (Å²) in [6, 6.07) is 35.0. The average molecular weight is 737 g/mol. The molecule has 0 aliphatic carbocycles. The summed E-state index contributed by atoms with van der Waals surface area (Å²) < 4.78 is 17.3. The number of para-hydroxylation sites is 2. The molecule has 4 aromatic carbocycles. The second-order valence-corrected chi connectivity index (χ2v) is 17.2. The van der Waals surface area contributed by atoms with E-state index >= 15 is 0 Å². The van der Waals surface area contributed by atoms with Crippen molar-refractivity contribution in [1.29, 1.82) is 0 Å². The van der Waals surface area contributed by atoms with Crippen molar-refractivity contribution in [2.24, 2.45) is 9.98 Å². The van der Waals surface area contributed by atoms with Crippen LogP contribution >= 0.6 is 0 Å². The SMILES string of the molecule is CC1(C)N=C(c2cncc(-n3c4ccccc4c4cc(-c5ccc6c(c5)c5ccccc5n6-c5cncc(C6=NC(C)(C)C(C)(C)O6)c5)ccc43)c2)OC1(C)C. The largest absolute Gasteiger partial charge is 0.469 e. The van der Waals surface area contributed by atoms with Gasteiger partial charge in [0.2, 0.25) is 11.8 Å². The smallest absolute Gasteiger partial charge is 0.219 e. The van der Waals surface area contributed by atoms with E-state index in [9.17, 15) is 0 Å². The molecule has 0 amide bonds. The predicted molar refractivity (Wildman–Crippen MR) is 228 cm³/mol. The lowest BCUT2D eigenvalue weighted by Crippen LogP contribution is -2.41. The zero-order valence-electron chi connectivity index (χ0n) is 33.0. The van der Waals surface area contributed by atoms with Crippen molar-refractivity contribution in [3.63, 3.8) is 0 Å². The lowest BCUT2D eigenvalue weighted by Gasteiger charge is -2.30. The Balaban J connectivity index is 1.08. The van der Waals surface area contributed by atoms with E-state index < -0.39 is 11.2 Å². The Kier molecular flexibility index (Phi) is 7.10. The number of hydrogen-bond acceptors (Lipinski definition) is 6. The summed E-state index contributed by atoms with van der Waals surface area (Å²) >= 11 is 0. The molecule has 56 heavy (non-hydrogen) atoms. The third-order valence-corrected chi connectivity index (χ3v) is 12.5. The quantitative estimate of drug-likeness (QED) is 0.176. The number of rotatable bonds is 5. The molecular formula is C48H44N6O2. The first-order valence-corrected chi connectivity index (χ1v) is 19.3. The Bertz CT molecular complexity index is 2790. The van der Waals surface area contributed by atoms with Crippen LogP contribution in [-0.4, -0.2) is 53.2 Å². The van der Waals surface area contributed by atoms with Gasteiger partial charge >= 0.3 is 0 Å². The van der Waals surface area contributed by atoms with Crippen molar-refractivity contribution >= 4 is 55.4 Å². The first kappa shape index (κ1) is 34.2. The van der Waals surface area contributed by atoms with Gasteiger partial charge in [0.1, 0.15) is 11.2 Å². The monoisotopic (exact) mass is 736 g/mol. The summed E-state index contributed by atoms with van der Waals surface area (Å²) in [6.45, 7) is 16.8. The van der Waals surface area contributed by atoms with Crippen LogP contribution in [0.25, 0.3) is 66.1 Å². The fraction of sp³-hybridized carbons (Fsp3) is 0.250. The van der Waals surface area contributed by atoms with E-state index in [1.165, 1.54) is 21.5 Å². The molecule has 0 unspecified atom stereocenters. The van der Waals surface area contributed by atoms with Crippen LogP contribution < -0.4 is 0 Å². The lowest BCUT2D eigenvalue weighted by molar-refractivity contribution is 0.0618. The fourth-order valence-electron chi connectivity index (χ4n) is 8.00. The van der Waals surface area contributed by atoms with Gasteiger partial charge < -0.3 is 18.6 Å². The van der Waals surface area contributed by atoms with Crippen molar-refractivity contribution in [1.82, 2.24) is 19.1 Å². The van der Waals surface area contributed by atoms with Crippen molar-refractivity contribution in [2.45, 2.75) is 77.7 Å². The van der Waals surface area contributed by atoms with Gasteiger partial charge in [-0.3, -0.25) is 9.97 Å². The van der Waals surface area contributed by atoms with Crippen molar-refractivity contribution in [3.05, 3.63) is 133 Å². The Labute approximate surface area is 326 Å². The minimum atomic E-state index is -0.419. The third kappa shape index (κ3) is 5.04. The summed E-state index contributed by atoms with van der Waals surface area (Å²) in [5.41, 5.74) is 8.86. The van der Waals surface area contributed by atoms with Crippen molar-refractivity contribution in [3.8, 4) is 22.5 Å². The van der Waals surface area contributed by atoms with E-state index in [1.807, 2.05) is 24.8 Å². The lowest BCUT2D eigenvalue weighted by atomic mass is 9.87. The van der Waals surface area contributed by atoms with Crippen LogP contribution in [0.5, 0.6) is 0 Å². The van der Waals surface area contributed by atoms with Crippen LogP contribution in [0.1, 0.15) is 66.5 Å².